The minimum atomic E-state index is -0.414. The van der Waals surface area contributed by atoms with Gasteiger partial charge in [-0.05, 0) is 72.4 Å². The van der Waals surface area contributed by atoms with Crippen molar-refractivity contribution in [3.8, 4) is 0 Å². The lowest BCUT2D eigenvalue weighted by atomic mass is 9.90. The molecule has 0 bridgehead atoms. The lowest BCUT2D eigenvalue weighted by Crippen LogP contribution is -2.51. The van der Waals surface area contributed by atoms with Crippen LogP contribution in [0.25, 0.3) is 0 Å². The molecule has 2 aliphatic heterocycles. The fraction of sp³-hybridized carbons (Fsp3) is 0.941. The maximum atomic E-state index is 12.2. The van der Waals surface area contributed by atoms with Gasteiger partial charge in [-0.1, -0.05) is 0 Å². The van der Waals surface area contributed by atoms with Crippen LogP contribution < -0.4 is 10.6 Å². The second-order valence-corrected chi connectivity index (χ2v) is 7.81. The van der Waals surface area contributed by atoms with Crippen molar-refractivity contribution in [2.45, 2.75) is 71.1 Å². The second kappa shape index (κ2) is 7.64. The number of hydrogen-bond donors (Lipinski definition) is 2. The number of piperidine rings is 2. The van der Waals surface area contributed by atoms with Gasteiger partial charge in [0.25, 0.3) is 0 Å². The first-order valence-electron chi connectivity index (χ1n) is 8.80. The molecule has 2 N–H and O–H groups in total. The summed E-state index contributed by atoms with van der Waals surface area (Å²) >= 11 is 0. The first-order valence-corrected chi connectivity index (χ1v) is 8.80. The van der Waals surface area contributed by atoms with E-state index in [4.69, 9.17) is 4.74 Å². The molecule has 2 atom stereocenters. The SMILES string of the molecule is CC(NC1CCNCC1)C1CCCN(C(=O)OC(C)(C)C)C1. The average Bonchev–Trinajstić information content (AvgIpc) is 2.46. The predicted molar refractivity (Wildman–Crippen MR) is 89.0 cm³/mol. The van der Waals surface area contributed by atoms with Crippen LogP contribution >= 0.6 is 0 Å². The maximum Gasteiger partial charge on any atom is 0.410 e. The average molecular weight is 311 g/mol. The highest BCUT2D eigenvalue weighted by molar-refractivity contribution is 5.68. The van der Waals surface area contributed by atoms with Gasteiger partial charge in [0.2, 0.25) is 0 Å². The third kappa shape index (κ3) is 5.43. The van der Waals surface area contributed by atoms with Crippen LogP contribution in [0, 0.1) is 5.92 Å². The van der Waals surface area contributed by atoms with Gasteiger partial charge in [-0.25, -0.2) is 4.79 Å². The van der Waals surface area contributed by atoms with E-state index in [1.54, 1.807) is 0 Å². The van der Waals surface area contributed by atoms with E-state index in [1.807, 2.05) is 25.7 Å². The highest BCUT2D eigenvalue weighted by Gasteiger charge is 2.31. The summed E-state index contributed by atoms with van der Waals surface area (Å²) in [7, 11) is 0. The molecule has 2 fully saturated rings. The molecular weight excluding hydrogens is 278 g/mol. The molecule has 0 saturated carbocycles. The van der Waals surface area contributed by atoms with E-state index in [1.165, 1.54) is 19.3 Å². The van der Waals surface area contributed by atoms with Crippen molar-refractivity contribution in [1.82, 2.24) is 15.5 Å². The highest BCUT2D eigenvalue weighted by Crippen LogP contribution is 2.22. The first kappa shape index (κ1) is 17.5. The summed E-state index contributed by atoms with van der Waals surface area (Å²) in [5.74, 6) is 0.524. The Morgan fingerprint density at radius 2 is 1.95 bits per heavy atom. The molecule has 2 heterocycles. The van der Waals surface area contributed by atoms with Gasteiger partial charge in [-0.3, -0.25) is 0 Å². The van der Waals surface area contributed by atoms with Gasteiger partial charge in [0, 0.05) is 25.2 Å². The number of carbonyl (C=O) groups is 1. The fourth-order valence-electron chi connectivity index (χ4n) is 3.41. The Labute approximate surface area is 135 Å². The molecule has 2 rings (SSSR count). The number of amides is 1. The summed E-state index contributed by atoms with van der Waals surface area (Å²) in [4.78, 5) is 14.1. The smallest absolute Gasteiger partial charge is 0.410 e. The van der Waals surface area contributed by atoms with Crippen molar-refractivity contribution < 1.29 is 9.53 Å². The number of likely N-dealkylation sites (tertiary alicyclic amines) is 1. The van der Waals surface area contributed by atoms with E-state index >= 15 is 0 Å². The number of hydrogen-bond acceptors (Lipinski definition) is 4. The van der Waals surface area contributed by atoms with Gasteiger partial charge in [-0.2, -0.15) is 0 Å². The Hall–Kier alpha value is -0.810. The number of nitrogens with zero attached hydrogens (tertiary/aromatic N) is 1. The molecule has 22 heavy (non-hydrogen) atoms. The van der Waals surface area contributed by atoms with Gasteiger partial charge in [0.1, 0.15) is 5.60 Å². The zero-order chi connectivity index (χ0) is 16.2. The molecule has 2 saturated heterocycles. The van der Waals surface area contributed by atoms with E-state index in [9.17, 15) is 4.79 Å². The summed E-state index contributed by atoms with van der Waals surface area (Å²) in [5.41, 5.74) is -0.414. The summed E-state index contributed by atoms with van der Waals surface area (Å²) in [6, 6.07) is 1.07. The third-order valence-electron chi connectivity index (χ3n) is 4.65. The van der Waals surface area contributed by atoms with Crippen molar-refractivity contribution in [3.05, 3.63) is 0 Å². The van der Waals surface area contributed by atoms with Gasteiger partial charge in [0.05, 0.1) is 0 Å². The molecule has 2 unspecified atom stereocenters. The molecule has 0 aromatic rings. The van der Waals surface area contributed by atoms with Crippen LogP contribution in [0.4, 0.5) is 4.79 Å². The third-order valence-corrected chi connectivity index (χ3v) is 4.65. The molecule has 5 nitrogen and oxygen atoms in total. The zero-order valence-corrected chi connectivity index (χ0v) is 14.7. The van der Waals surface area contributed by atoms with Crippen LogP contribution in [-0.4, -0.2) is 54.9 Å². The van der Waals surface area contributed by atoms with Crippen molar-refractivity contribution >= 4 is 6.09 Å². The monoisotopic (exact) mass is 311 g/mol. The standard InChI is InChI=1S/C17H33N3O2/c1-13(19-15-7-9-18-10-8-15)14-6-5-11-20(12-14)16(21)22-17(2,3)4/h13-15,18-19H,5-12H2,1-4H3. The molecule has 0 aromatic heterocycles. The van der Waals surface area contributed by atoms with Gasteiger partial charge in [0.15, 0.2) is 0 Å². The number of rotatable bonds is 3. The summed E-state index contributed by atoms with van der Waals surface area (Å²) in [6.45, 7) is 11.9. The topological polar surface area (TPSA) is 53.6 Å². The van der Waals surface area contributed by atoms with Crippen molar-refractivity contribution in [1.29, 1.82) is 0 Å². The summed E-state index contributed by atoms with van der Waals surface area (Å²) < 4.78 is 5.51. The maximum absolute atomic E-state index is 12.2. The number of carbonyl (C=O) groups excluding carboxylic acids is 1. The summed E-state index contributed by atoms with van der Waals surface area (Å²) in [6.07, 6.45) is 4.51. The normalized spacial score (nSPS) is 25.8. The molecule has 2 aliphatic rings. The Kier molecular flexibility index (Phi) is 6.09. The molecule has 0 aromatic carbocycles. The quantitative estimate of drug-likeness (QED) is 0.840. The Balaban J connectivity index is 1.82. The van der Waals surface area contributed by atoms with E-state index in [0.29, 0.717) is 18.0 Å². The Bertz CT molecular complexity index is 361. The van der Waals surface area contributed by atoms with Crippen molar-refractivity contribution in [2.75, 3.05) is 26.2 Å². The number of ether oxygens (including phenoxy) is 1. The van der Waals surface area contributed by atoms with Crippen LogP contribution in [-0.2, 0) is 4.74 Å². The highest BCUT2D eigenvalue weighted by atomic mass is 16.6. The van der Waals surface area contributed by atoms with E-state index in [0.717, 1.165) is 32.6 Å². The van der Waals surface area contributed by atoms with Gasteiger partial charge >= 0.3 is 6.09 Å². The molecule has 5 heteroatoms. The molecule has 1 amide bonds. The van der Waals surface area contributed by atoms with Crippen molar-refractivity contribution in [3.63, 3.8) is 0 Å². The number of nitrogens with one attached hydrogen (secondary N) is 2. The van der Waals surface area contributed by atoms with Crippen LogP contribution in [0.1, 0.15) is 53.4 Å². The molecule has 128 valence electrons. The van der Waals surface area contributed by atoms with Gasteiger partial charge < -0.3 is 20.3 Å². The van der Waals surface area contributed by atoms with Crippen molar-refractivity contribution in [2.24, 2.45) is 5.92 Å². The molecule has 0 spiro atoms. The van der Waals surface area contributed by atoms with Crippen LogP contribution in [0.5, 0.6) is 0 Å². The largest absolute Gasteiger partial charge is 0.444 e. The predicted octanol–water partition coefficient (Wildman–Crippen LogP) is 2.36. The molecule has 0 radical (unpaired) electrons. The van der Waals surface area contributed by atoms with E-state index < -0.39 is 5.60 Å². The summed E-state index contributed by atoms with van der Waals surface area (Å²) in [5, 5.41) is 7.18. The molecular formula is C17H33N3O2. The van der Waals surface area contributed by atoms with E-state index in [-0.39, 0.29) is 6.09 Å². The molecule has 0 aliphatic carbocycles. The minimum absolute atomic E-state index is 0.161. The zero-order valence-electron chi connectivity index (χ0n) is 14.7. The fourth-order valence-corrected chi connectivity index (χ4v) is 3.41. The second-order valence-electron chi connectivity index (χ2n) is 7.81. The van der Waals surface area contributed by atoms with Crippen LogP contribution in [0.15, 0.2) is 0 Å². The first-order chi connectivity index (χ1) is 10.3. The minimum Gasteiger partial charge on any atom is -0.444 e. The van der Waals surface area contributed by atoms with Gasteiger partial charge in [-0.15, -0.1) is 0 Å². The Morgan fingerprint density at radius 1 is 1.27 bits per heavy atom. The van der Waals surface area contributed by atoms with Crippen LogP contribution in [0.3, 0.4) is 0 Å². The van der Waals surface area contributed by atoms with Crippen LogP contribution in [0.2, 0.25) is 0 Å². The lowest BCUT2D eigenvalue weighted by Gasteiger charge is -2.38. The van der Waals surface area contributed by atoms with E-state index in [2.05, 4.69) is 17.6 Å². The lowest BCUT2D eigenvalue weighted by molar-refractivity contribution is 0.0145. The Morgan fingerprint density at radius 3 is 2.59 bits per heavy atom.